The van der Waals surface area contributed by atoms with Gasteiger partial charge in [0.2, 0.25) is 0 Å². The van der Waals surface area contributed by atoms with Crippen molar-refractivity contribution in [2.24, 2.45) is 5.92 Å². The van der Waals surface area contributed by atoms with Gasteiger partial charge in [-0.25, -0.2) is 9.97 Å². The summed E-state index contributed by atoms with van der Waals surface area (Å²) >= 11 is 0. The van der Waals surface area contributed by atoms with E-state index in [4.69, 9.17) is 5.73 Å². The van der Waals surface area contributed by atoms with E-state index in [9.17, 15) is 0 Å². The number of aromatic nitrogens is 2. The highest BCUT2D eigenvalue weighted by atomic mass is 15.3. The van der Waals surface area contributed by atoms with E-state index in [1.807, 2.05) is 0 Å². The van der Waals surface area contributed by atoms with Crippen molar-refractivity contribution in [3.63, 3.8) is 0 Å². The predicted molar refractivity (Wildman–Crippen MR) is 80.6 cm³/mol. The molecule has 1 aliphatic heterocycles. The maximum absolute atomic E-state index is 6.30. The fourth-order valence-corrected chi connectivity index (χ4v) is 2.79. The molecule has 1 aromatic heterocycles. The Hall–Kier alpha value is -1.52. The molecule has 0 amide bonds. The van der Waals surface area contributed by atoms with Crippen LogP contribution >= 0.6 is 0 Å². The quantitative estimate of drug-likeness (QED) is 0.902. The topological polar surface area (TPSA) is 58.3 Å². The molecule has 1 atom stereocenters. The number of piperidine rings is 1. The molecular formula is C14H25N5. The fraction of sp³-hybridized carbons (Fsp3) is 0.714. The first kappa shape index (κ1) is 13.9. The minimum absolute atomic E-state index is 0.708. The average molecular weight is 263 g/mol. The van der Waals surface area contributed by atoms with Crippen LogP contribution in [0.15, 0.2) is 6.33 Å². The van der Waals surface area contributed by atoms with Crippen molar-refractivity contribution in [1.82, 2.24) is 9.97 Å². The van der Waals surface area contributed by atoms with Gasteiger partial charge in [-0.15, -0.1) is 0 Å². The molecule has 1 aromatic rings. The Labute approximate surface area is 115 Å². The highest BCUT2D eigenvalue weighted by Gasteiger charge is 2.22. The second-order valence-electron chi connectivity index (χ2n) is 5.30. The number of hydrogen-bond donors (Lipinski definition) is 1. The molecule has 1 fully saturated rings. The van der Waals surface area contributed by atoms with Gasteiger partial charge in [0.25, 0.3) is 0 Å². The molecule has 1 saturated heterocycles. The molecule has 106 valence electrons. The lowest BCUT2D eigenvalue weighted by Gasteiger charge is -2.33. The van der Waals surface area contributed by atoms with Crippen LogP contribution in [0.5, 0.6) is 0 Å². The molecule has 19 heavy (non-hydrogen) atoms. The van der Waals surface area contributed by atoms with Crippen molar-refractivity contribution in [3.05, 3.63) is 6.33 Å². The number of nitrogens with zero attached hydrogens (tertiary/aromatic N) is 4. The molecule has 2 rings (SSSR count). The molecular weight excluding hydrogens is 238 g/mol. The largest absolute Gasteiger partial charge is 0.393 e. The third kappa shape index (κ3) is 2.91. The molecule has 2 N–H and O–H groups in total. The van der Waals surface area contributed by atoms with Gasteiger partial charge in [0, 0.05) is 26.2 Å². The number of nitrogen functional groups attached to an aromatic ring is 1. The fourth-order valence-electron chi connectivity index (χ4n) is 2.79. The molecule has 1 aliphatic rings. The van der Waals surface area contributed by atoms with E-state index in [1.54, 1.807) is 6.33 Å². The van der Waals surface area contributed by atoms with Crippen LogP contribution in [0.1, 0.15) is 33.6 Å². The second-order valence-corrected chi connectivity index (χ2v) is 5.30. The summed E-state index contributed by atoms with van der Waals surface area (Å²) in [6.45, 7) is 10.4. The first-order valence-electron chi connectivity index (χ1n) is 7.27. The zero-order chi connectivity index (χ0) is 13.8. The smallest absolute Gasteiger partial charge is 0.157 e. The van der Waals surface area contributed by atoms with Gasteiger partial charge in [-0.05, 0) is 32.6 Å². The summed E-state index contributed by atoms with van der Waals surface area (Å²) < 4.78 is 0. The average Bonchev–Trinajstić information content (AvgIpc) is 2.42. The zero-order valence-corrected chi connectivity index (χ0v) is 12.3. The summed E-state index contributed by atoms with van der Waals surface area (Å²) in [4.78, 5) is 13.2. The highest BCUT2D eigenvalue weighted by molar-refractivity contribution is 5.75. The number of hydrogen-bond acceptors (Lipinski definition) is 5. The van der Waals surface area contributed by atoms with E-state index in [2.05, 4.69) is 40.5 Å². The van der Waals surface area contributed by atoms with E-state index in [0.29, 0.717) is 5.92 Å². The van der Waals surface area contributed by atoms with Gasteiger partial charge < -0.3 is 15.5 Å². The van der Waals surface area contributed by atoms with Crippen LogP contribution in [0.4, 0.5) is 17.3 Å². The van der Waals surface area contributed by atoms with E-state index in [-0.39, 0.29) is 0 Å². The Morgan fingerprint density at radius 1 is 1.37 bits per heavy atom. The Balaban J connectivity index is 2.28. The lowest BCUT2D eigenvalue weighted by molar-refractivity contribution is 0.445. The van der Waals surface area contributed by atoms with Crippen LogP contribution in [0, 0.1) is 5.92 Å². The van der Waals surface area contributed by atoms with Crippen LogP contribution in [0.25, 0.3) is 0 Å². The van der Waals surface area contributed by atoms with Crippen LogP contribution < -0.4 is 15.5 Å². The van der Waals surface area contributed by atoms with Gasteiger partial charge in [-0.3, -0.25) is 0 Å². The molecule has 0 aromatic carbocycles. The molecule has 0 aliphatic carbocycles. The van der Waals surface area contributed by atoms with Crippen molar-refractivity contribution >= 4 is 17.3 Å². The highest BCUT2D eigenvalue weighted by Crippen LogP contribution is 2.31. The van der Waals surface area contributed by atoms with Crippen molar-refractivity contribution in [2.45, 2.75) is 33.6 Å². The van der Waals surface area contributed by atoms with Crippen LogP contribution in [-0.2, 0) is 0 Å². The Bertz CT molecular complexity index is 416. The molecule has 0 unspecified atom stereocenters. The normalized spacial score (nSPS) is 19.5. The van der Waals surface area contributed by atoms with Crippen molar-refractivity contribution < 1.29 is 0 Å². The second kappa shape index (κ2) is 6.08. The van der Waals surface area contributed by atoms with Crippen molar-refractivity contribution in [1.29, 1.82) is 0 Å². The summed E-state index contributed by atoms with van der Waals surface area (Å²) in [5.41, 5.74) is 7.03. The number of rotatable bonds is 4. The molecule has 0 bridgehead atoms. The summed E-state index contributed by atoms with van der Waals surface area (Å²) in [6, 6.07) is 0. The summed E-state index contributed by atoms with van der Waals surface area (Å²) in [6.07, 6.45) is 4.15. The minimum atomic E-state index is 0.708. The SMILES string of the molecule is CCN(CC)c1ncnc(N2CCC[C@@H](C)C2)c1N. The van der Waals surface area contributed by atoms with Gasteiger partial charge in [0.15, 0.2) is 11.6 Å². The Morgan fingerprint density at radius 2 is 2.11 bits per heavy atom. The van der Waals surface area contributed by atoms with Gasteiger partial charge in [0.05, 0.1) is 0 Å². The van der Waals surface area contributed by atoms with Gasteiger partial charge in [-0.2, -0.15) is 0 Å². The molecule has 5 nitrogen and oxygen atoms in total. The van der Waals surface area contributed by atoms with Gasteiger partial charge in [-0.1, -0.05) is 6.92 Å². The standard InChI is InChI=1S/C14H25N5/c1-4-18(5-2)13-12(15)14(17-10-16-13)19-8-6-7-11(3)9-19/h10-11H,4-9,15H2,1-3H3/t11-/m1/s1. The monoisotopic (exact) mass is 263 g/mol. The van der Waals surface area contributed by atoms with E-state index in [0.717, 1.165) is 43.5 Å². The Morgan fingerprint density at radius 3 is 2.74 bits per heavy atom. The number of anilines is 3. The first-order valence-corrected chi connectivity index (χ1v) is 7.27. The summed E-state index contributed by atoms with van der Waals surface area (Å²) in [5.74, 6) is 2.48. The minimum Gasteiger partial charge on any atom is -0.393 e. The van der Waals surface area contributed by atoms with E-state index in [1.165, 1.54) is 12.8 Å². The Kier molecular flexibility index (Phi) is 4.45. The van der Waals surface area contributed by atoms with Crippen molar-refractivity contribution in [3.8, 4) is 0 Å². The van der Waals surface area contributed by atoms with Crippen molar-refractivity contribution in [2.75, 3.05) is 41.7 Å². The van der Waals surface area contributed by atoms with E-state index < -0.39 is 0 Å². The maximum Gasteiger partial charge on any atom is 0.157 e. The zero-order valence-electron chi connectivity index (χ0n) is 12.3. The predicted octanol–water partition coefficient (Wildman–Crippen LogP) is 2.14. The first-order chi connectivity index (χ1) is 9.17. The molecule has 0 radical (unpaired) electrons. The summed E-state index contributed by atoms with van der Waals surface area (Å²) in [7, 11) is 0. The van der Waals surface area contributed by atoms with Gasteiger partial charge >= 0.3 is 0 Å². The molecule has 0 spiro atoms. The lowest BCUT2D eigenvalue weighted by Crippen LogP contribution is -2.36. The van der Waals surface area contributed by atoms with Crippen LogP contribution in [0.2, 0.25) is 0 Å². The lowest BCUT2D eigenvalue weighted by atomic mass is 10.0. The molecule has 2 heterocycles. The van der Waals surface area contributed by atoms with Crippen LogP contribution in [0.3, 0.4) is 0 Å². The van der Waals surface area contributed by atoms with Crippen LogP contribution in [-0.4, -0.2) is 36.1 Å². The third-order valence-corrected chi connectivity index (χ3v) is 3.86. The summed E-state index contributed by atoms with van der Waals surface area (Å²) in [5, 5.41) is 0. The molecule has 0 saturated carbocycles. The van der Waals surface area contributed by atoms with Gasteiger partial charge in [0.1, 0.15) is 12.0 Å². The number of nitrogens with two attached hydrogens (primary N) is 1. The third-order valence-electron chi connectivity index (χ3n) is 3.86. The van der Waals surface area contributed by atoms with E-state index >= 15 is 0 Å². The molecule has 5 heteroatoms. The maximum atomic E-state index is 6.30.